The van der Waals surface area contributed by atoms with Gasteiger partial charge >= 0.3 is 5.97 Å². The van der Waals surface area contributed by atoms with Crippen LogP contribution in [0.1, 0.15) is 11.7 Å². The molecule has 27 heavy (non-hydrogen) atoms. The summed E-state index contributed by atoms with van der Waals surface area (Å²) in [5.74, 6) is -0.855. The Labute approximate surface area is 161 Å². The zero-order valence-corrected chi connectivity index (χ0v) is 15.5. The van der Waals surface area contributed by atoms with Crippen molar-refractivity contribution in [3.63, 3.8) is 0 Å². The molecule has 0 aliphatic heterocycles. The second kappa shape index (κ2) is 6.86. The molecule has 3 heterocycles. The Balaban J connectivity index is 1.89. The number of carbonyl (C=O) groups is 1. The molecule has 5 N–H and O–H groups in total. The van der Waals surface area contributed by atoms with Crippen molar-refractivity contribution in [2.75, 3.05) is 0 Å². The molecule has 0 amide bonds. The maximum atomic E-state index is 11.7. The van der Waals surface area contributed by atoms with Gasteiger partial charge in [0, 0.05) is 15.6 Å². The van der Waals surface area contributed by atoms with Crippen molar-refractivity contribution in [3.05, 3.63) is 52.9 Å². The minimum Gasteiger partial charge on any atom is -0.479 e. The molecule has 3 aromatic heterocycles. The van der Waals surface area contributed by atoms with E-state index in [1.54, 1.807) is 0 Å². The van der Waals surface area contributed by atoms with Crippen LogP contribution in [0.15, 0.2) is 56.6 Å². The van der Waals surface area contributed by atoms with Gasteiger partial charge in [-0.3, -0.25) is 0 Å². The molecule has 0 saturated carbocycles. The summed E-state index contributed by atoms with van der Waals surface area (Å²) < 4.78 is 7.07. The van der Waals surface area contributed by atoms with Gasteiger partial charge in [-0.15, -0.1) is 11.3 Å². The molecule has 1 unspecified atom stereocenters. The third-order valence-electron chi connectivity index (χ3n) is 3.84. The van der Waals surface area contributed by atoms with Crippen molar-refractivity contribution in [2.45, 2.75) is 6.04 Å². The van der Waals surface area contributed by atoms with E-state index in [0.29, 0.717) is 11.7 Å². The van der Waals surface area contributed by atoms with Gasteiger partial charge in [-0.25, -0.2) is 14.8 Å². The first kappa shape index (κ1) is 17.3. The second-order valence-corrected chi connectivity index (χ2v) is 7.55. The van der Waals surface area contributed by atoms with Crippen LogP contribution in [0.25, 0.3) is 32.2 Å². The first-order chi connectivity index (χ1) is 13.0. The molecule has 4 rings (SSSR count). The van der Waals surface area contributed by atoms with E-state index in [4.69, 9.17) is 15.9 Å². The molecule has 1 atom stereocenters. The Morgan fingerprint density at radius 3 is 2.74 bits per heavy atom. The Morgan fingerprint density at radius 2 is 2.07 bits per heavy atom. The van der Waals surface area contributed by atoms with E-state index in [2.05, 4.69) is 9.98 Å². The molecular weight excluding hydrogens is 384 g/mol. The van der Waals surface area contributed by atoms with Crippen LogP contribution < -0.4 is 11.5 Å². The molecule has 0 fully saturated rings. The fraction of sp³-hybridized carbons (Fsp3) is 0.0556. The van der Waals surface area contributed by atoms with Crippen LogP contribution >= 0.6 is 22.7 Å². The highest BCUT2D eigenvalue weighted by Crippen LogP contribution is 2.39. The number of aliphatic imine (C=N–C) groups is 1. The molecule has 0 aliphatic rings. The van der Waals surface area contributed by atoms with E-state index in [9.17, 15) is 9.90 Å². The second-order valence-electron chi connectivity index (χ2n) is 5.69. The SMILES string of the molecule is NC(N)=NC(C(=O)O)c1nc(-c2cc3ccccc3s2)oc1-c1ccsc1. The van der Waals surface area contributed by atoms with E-state index < -0.39 is 12.0 Å². The van der Waals surface area contributed by atoms with Crippen molar-refractivity contribution in [3.8, 4) is 22.1 Å². The Bertz CT molecular complexity index is 1110. The highest BCUT2D eigenvalue weighted by atomic mass is 32.1. The normalized spacial score (nSPS) is 12.1. The quantitative estimate of drug-likeness (QED) is 0.347. The zero-order valence-electron chi connectivity index (χ0n) is 13.8. The van der Waals surface area contributed by atoms with E-state index in [1.807, 2.05) is 47.2 Å². The Morgan fingerprint density at radius 1 is 1.26 bits per heavy atom. The summed E-state index contributed by atoms with van der Waals surface area (Å²) in [6.45, 7) is 0. The van der Waals surface area contributed by atoms with Crippen LogP contribution in [-0.4, -0.2) is 22.0 Å². The smallest absolute Gasteiger partial charge is 0.335 e. The number of fused-ring (bicyclic) bond motifs is 1. The maximum Gasteiger partial charge on any atom is 0.335 e. The number of aromatic nitrogens is 1. The van der Waals surface area contributed by atoms with Gasteiger partial charge in [-0.1, -0.05) is 18.2 Å². The van der Waals surface area contributed by atoms with Crippen LogP contribution in [0.4, 0.5) is 0 Å². The van der Waals surface area contributed by atoms with Crippen molar-refractivity contribution < 1.29 is 14.3 Å². The van der Waals surface area contributed by atoms with Gasteiger partial charge < -0.3 is 21.0 Å². The number of guanidine groups is 1. The first-order valence-electron chi connectivity index (χ1n) is 7.86. The molecule has 0 radical (unpaired) electrons. The number of hydrogen-bond acceptors (Lipinski definition) is 6. The van der Waals surface area contributed by atoms with Crippen molar-refractivity contribution >= 4 is 44.7 Å². The molecule has 0 saturated heterocycles. The van der Waals surface area contributed by atoms with Crippen molar-refractivity contribution in [1.82, 2.24) is 4.98 Å². The fourth-order valence-electron chi connectivity index (χ4n) is 2.69. The third-order valence-corrected chi connectivity index (χ3v) is 5.63. The lowest BCUT2D eigenvalue weighted by Crippen LogP contribution is -2.25. The van der Waals surface area contributed by atoms with E-state index >= 15 is 0 Å². The molecule has 0 aliphatic carbocycles. The summed E-state index contributed by atoms with van der Waals surface area (Å²) >= 11 is 2.99. The summed E-state index contributed by atoms with van der Waals surface area (Å²) in [5, 5.41) is 14.4. The number of rotatable bonds is 5. The fourth-order valence-corrected chi connectivity index (χ4v) is 4.32. The lowest BCUT2D eigenvalue weighted by atomic mass is 10.1. The molecule has 4 aromatic rings. The van der Waals surface area contributed by atoms with Gasteiger partial charge in [0.25, 0.3) is 0 Å². The number of carboxylic acids is 1. The van der Waals surface area contributed by atoms with Gasteiger partial charge in [0.05, 0.1) is 4.88 Å². The van der Waals surface area contributed by atoms with Gasteiger partial charge in [-0.05, 0) is 29.0 Å². The number of oxazole rings is 1. The van der Waals surface area contributed by atoms with Gasteiger partial charge in [0.1, 0.15) is 5.69 Å². The predicted molar refractivity (Wildman–Crippen MR) is 107 cm³/mol. The summed E-state index contributed by atoms with van der Waals surface area (Å²) in [6.07, 6.45) is 0. The molecule has 0 bridgehead atoms. The van der Waals surface area contributed by atoms with Gasteiger partial charge in [0.15, 0.2) is 17.8 Å². The van der Waals surface area contributed by atoms with E-state index in [1.165, 1.54) is 22.7 Å². The largest absolute Gasteiger partial charge is 0.479 e. The molecule has 7 nitrogen and oxygen atoms in total. The van der Waals surface area contributed by atoms with E-state index in [-0.39, 0.29) is 11.7 Å². The van der Waals surface area contributed by atoms with Crippen LogP contribution in [0.3, 0.4) is 0 Å². The number of hydrogen-bond donors (Lipinski definition) is 3. The first-order valence-corrected chi connectivity index (χ1v) is 9.62. The lowest BCUT2D eigenvalue weighted by Gasteiger charge is -2.06. The number of benzene rings is 1. The molecule has 9 heteroatoms. The van der Waals surface area contributed by atoms with E-state index in [0.717, 1.165) is 20.5 Å². The Hall–Kier alpha value is -3.17. The topological polar surface area (TPSA) is 128 Å². The number of nitrogens with zero attached hydrogens (tertiary/aromatic N) is 2. The van der Waals surface area contributed by atoms with Crippen LogP contribution in [0.5, 0.6) is 0 Å². The minimum atomic E-state index is -1.35. The van der Waals surface area contributed by atoms with Crippen molar-refractivity contribution in [1.29, 1.82) is 0 Å². The molecule has 1 aromatic carbocycles. The van der Waals surface area contributed by atoms with Crippen molar-refractivity contribution in [2.24, 2.45) is 16.5 Å². The molecular formula is C18H14N4O3S2. The van der Waals surface area contributed by atoms with Crippen LogP contribution in [0, 0.1) is 0 Å². The zero-order chi connectivity index (χ0) is 19.0. The highest BCUT2D eigenvalue weighted by Gasteiger charge is 2.29. The average molecular weight is 398 g/mol. The predicted octanol–water partition coefficient (Wildman–Crippen LogP) is 3.68. The summed E-state index contributed by atoms with van der Waals surface area (Å²) in [6, 6.07) is 10.4. The molecule has 0 spiro atoms. The number of thiophene rings is 2. The summed E-state index contributed by atoms with van der Waals surface area (Å²) in [7, 11) is 0. The Kier molecular flexibility index (Phi) is 4.38. The third kappa shape index (κ3) is 3.29. The van der Waals surface area contributed by atoms with Gasteiger partial charge in [-0.2, -0.15) is 11.3 Å². The number of aliphatic carboxylic acids is 1. The minimum absolute atomic E-state index is 0.168. The van der Waals surface area contributed by atoms with Crippen LogP contribution in [0.2, 0.25) is 0 Å². The monoisotopic (exact) mass is 398 g/mol. The van der Waals surface area contributed by atoms with Gasteiger partial charge in [0.2, 0.25) is 5.89 Å². The standard InChI is InChI=1S/C18H14N4O3S2/c19-18(20)22-14(17(23)24)13-15(10-5-6-26-8-10)25-16(21-13)12-7-9-3-1-2-4-11(9)27-12/h1-8,14H,(H,23,24)(H4,19,20,22). The molecule has 136 valence electrons. The maximum absolute atomic E-state index is 11.7. The summed E-state index contributed by atoms with van der Waals surface area (Å²) in [5.41, 5.74) is 11.7. The summed E-state index contributed by atoms with van der Waals surface area (Å²) in [4.78, 5) is 20.8. The lowest BCUT2D eigenvalue weighted by molar-refractivity contribution is -0.138. The average Bonchev–Trinajstić information content (AvgIpc) is 3.36. The highest BCUT2D eigenvalue weighted by molar-refractivity contribution is 7.22. The van der Waals surface area contributed by atoms with Crippen LogP contribution in [-0.2, 0) is 4.79 Å². The number of carboxylic acid groups (broad SMARTS) is 1. The number of nitrogens with two attached hydrogens (primary N) is 2.